The van der Waals surface area contributed by atoms with E-state index in [9.17, 15) is 9.59 Å². The van der Waals surface area contributed by atoms with Gasteiger partial charge in [0.05, 0.1) is 24.8 Å². The Bertz CT molecular complexity index is 766. The Kier molecular flexibility index (Phi) is 6.98. The maximum atomic E-state index is 12.5. The van der Waals surface area contributed by atoms with Gasteiger partial charge in [-0.15, -0.1) is 0 Å². The molecular weight excluding hydrogens is 424 g/mol. The van der Waals surface area contributed by atoms with Crippen molar-refractivity contribution in [2.45, 2.75) is 13.8 Å². The Morgan fingerprint density at radius 2 is 2.00 bits per heavy atom. The highest BCUT2D eigenvalue weighted by atomic mass is 79.9. The van der Waals surface area contributed by atoms with Gasteiger partial charge >= 0.3 is 5.97 Å². The fourth-order valence-electron chi connectivity index (χ4n) is 2.29. The van der Waals surface area contributed by atoms with Gasteiger partial charge in [-0.2, -0.15) is 0 Å². The zero-order valence-electron chi connectivity index (χ0n) is 14.6. The number of benzene rings is 1. The fraction of sp³-hybridized carbons (Fsp3) is 0.353. The van der Waals surface area contributed by atoms with Gasteiger partial charge in [-0.05, 0) is 65.8 Å². The van der Waals surface area contributed by atoms with E-state index in [1.165, 1.54) is 7.11 Å². The summed E-state index contributed by atoms with van der Waals surface area (Å²) in [6.45, 7) is 4.49. The van der Waals surface area contributed by atoms with Gasteiger partial charge in [-0.25, -0.2) is 0 Å². The molecule has 0 radical (unpaired) electrons. The lowest BCUT2D eigenvalue weighted by Crippen LogP contribution is -2.35. The second kappa shape index (κ2) is 9.00. The zero-order valence-corrected chi connectivity index (χ0v) is 17.0. The minimum absolute atomic E-state index is 0.154. The molecule has 1 aromatic rings. The van der Waals surface area contributed by atoms with E-state index in [1.807, 2.05) is 19.9 Å². The van der Waals surface area contributed by atoms with Gasteiger partial charge in [-0.1, -0.05) is 0 Å². The molecule has 1 saturated heterocycles. The Morgan fingerprint density at radius 1 is 1.31 bits per heavy atom. The maximum absolute atomic E-state index is 12.5. The summed E-state index contributed by atoms with van der Waals surface area (Å²) in [6, 6.07) is 3.58. The first-order chi connectivity index (χ1) is 12.4. The maximum Gasteiger partial charge on any atom is 0.325 e. The van der Waals surface area contributed by atoms with Crippen LogP contribution in [0.5, 0.6) is 11.5 Å². The molecule has 2 rings (SSSR count). The van der Waals surface area contributed by atoms with Crippen molar-refractivity contribution in [1.29, 1.82) is 0 Å². The molecule has 0 bridgehead atoms. The van der Waals surface area contributed by atoms with E-state index in [2.05, 4.69) is 26.0 Å². The van der Waals surface area contributed by atoms with E-state index in [0.29, 0.717) is 34.7 Å². The molecule has 26 heavy (non-hydrogen) atoms. The van der Waals surface area contributed by atoms with E-state index in [4.69, 9.17) is 21.7 Å². The molecule has 1 aromatic carbocycles. The van der Waals surface area contributed by atoms with Gasteiger partial charge in [0.25, 0.3) is 5.91 Å². The third-order valence-corrected chi connectivity index (χ3v) is 4.32. The van der Waals surface area contributed by atoms with Crippen LogP contribution in [-0.2, 0) is 14.3 Å². The number of carbonyl (C=O) groups excluding carboxylic acids is 2. The van der Waals surface area contributed by atoms with Gasteiger partial charge in [0.1, 0.15) is 12.2 Å². The number of hydrogen-bond donors (Lipinski definition) is 1. The highest BCUT2D eigenvalue weighted by molar-refractivity contribution is 9.10. The third kappa shape index (κ3) is 4.53. The number of ether oxygens (including phenoxy) is 3. The molecule has 9 heteroatoms. The van der Waals surface area contributed by atoms with Gasteiger partial charge in [0.2, 0.25) is 0 Å². The van der Waals surface area contributed by atoms with Gasteiger partial charge in [0.15, 0.2) is 16.6 Å². The first-order valence-electron chi connectivity index (χ1n) is 7.91. The van der Waals surface area contributed by atoms with Crippen LogP contribution in [0.3, 0.4) is 0 Å². The third-order valence-electron chi connectivity index (χ3n) is 3.41. The van der Waals surface area contributed by atoms with Crippen LogP contribution in [0, 0.1) is 0 Å². The van der Waals surface area contributed by atoms with Gasteiger partial charge in [0, 0.05) is 0 Å². The van der Waals surface area contributed by atoms with E-state index in [0.717, 1.165) is 4.90 Å². The average Bonchev–Trinajstić information content (AvgIpc) is 2.85. The molecule has 0 atom stereocenters. The van der Waals surface area contributed by atoms with Crippen LogP contribution >= 0.6 is 28.1 Å². The normalized spacial score (nSPS) is 15.2. The van der Waals surface area contributed by atoms with Crippen molar-refractivity contribution in [2.75, 3.05) is 26.9 Å². The van der Waals surface area contributed by atoms with Crippen LogP contribution in [0.25, 0.3) is 6.08 Å². The van der Waals surface area contributed by atoms with Gasteiger partial charge in [-0.3, -0.25) is 14.5 Å². The van der Waals surface area contributed by atoms with Crippen molar-refractivity contribution in [3.63, 3.8) is 0 Å². The quantitative estimate of drug-likeness (QED) is 0.394. The zero-order chi connectivity index (χ0) is 19.3. The van der Waals surface area contributed by atoms with Crippen molar-refractivity contribution in [2.24, 2.45) is 0 Å². The summed E-state index contributed by atoms with van der Waals surface area (Å²) in [7, 11) is 1.25. The fourth-order valence-corrected chi connectivity index (χ4v) is 3.13. The molecule has 1 aliphatic heterocycles. The van der Waals surface area contributed by atoms with Crippen molar-refractivity contribution < 1.29 is 23.8 Å². The Hall–Kier alpha value is -2.13. The van der Waals surface area contributed by atoms with Crippen molar-refractivity contribution in [1.82, 2.24) is 10.2 Å². The van der Waals surface area contributed by atoms with E-state index < -0.39 is 11.9 Å². The van der Waals surface area contributed by atoms with Crippen LogP contribution in [0.1, 0.15) is 19.4 Å². The summed E-state index contributed by atoms with van der Waals surface area (Å²) in [4.78, 5) is 25.0. The summed E-state index contributed by atoms with van der Waals surface area (Å²) in [5, 5.41) is 2.97. The Labute approximate surface area is 165 Å². The molecular formula is C17H19BrN2O5S. The molecule has 0 spiro atoms. The highest BCUT2D eigenvalue weighted by Gasteiger charge is 2.32. The smallest absolute Gasteiger partial charge is 0.325 e. The molecule has 1 aliphatic rings. The number of esters is 1. The number of carbonyl (C=O) groups is 2. The van der Waals surface area contributed by atoms with Crippen LogP contribution in [0.4, 0.5) is 0 Å². The molecule has 7 nitrogen and oxygen atoms in total. The molecule has 1 heterocycles. The van der Waals surface area contributed by atoms with Gasteiger partial charge < -0.3 is 19.5 Å². The number of nitrogens with one attached hydrogen (secondary N) is 1. The van der Waals surface area contributed by atoms with Crippen LogP contribution < -0.4 is 14.8 Å². The second-order valence-corrected chi connectivity index (χ2v) is 6.39. The van der Waals surface area contributed by atoms with Crippen LogP contribution in [-0.4, -0.2) is 48.8 Å². The lowest BCUT2D eigenvalue weighted by atomic mass is 10.1. The van der Waals surface area contributed by atoms with Crippen molar-refractivity contribution in [3.8, 4) is 11.5 Å². The monoisotopic (exact) mass is 442 g/mol. The summed E-state index contributed by atoms with van der Waals surface area (Å²) < 4.78 is 16.5. The molecule has 1 amide bonds. The number of thiocarbonyl (C=S) groups is 1. The molecule has 0 aromatic heterocycles. The molecule has 1 fully saturated rings. The lowest BCUT2D eigenvalue weighted by molar-refractivity contribution is -0.143. The predicted molar refractivity (Wildman–Crippen MR) is 104 cm³/mol. The summed E-state index contributed by atoms with van der Waals surface area (Å²) in [5.41, 5.74) is 0.972. The van der Waals surface area contributed by atoms with E-state index >= 15 is 0 Å². The number of halogens is 1. The number of rotatable bonds is 7. The first-order valence-corrected chi connectivity index (χ1v) is 9.11. The number of hydrogen-bond acceptors (Lipinski definition) is 6. The number of nitrogens with zero attached hydrogens (tertiary/aromatic N) is 1. The SMILES string of the molecule is CCOc1cc(/C=C2\NC(=S)N(CC(=O)OC)C2=O)cc(Br)c1OCC. The predicted octanol–water partition coefficient (Wildman–Crippen LogP) is 2.48. The van der Waals surface area contributed by atoms with Crippen LogP contribution in [0.15, 0.2) is 22.3 Å². The lowest BCUT2D eigenvalue weighted by Gasteiger charge is -2.13. The highest BCUT2D eigenvalue weighted by Crippen LogP contribution is 2.37. The Morgan fingerprint density at radius 3 is 2.62 bits per heavy atom. The van der Waals surface area contributed by atoms with Crippen LogP contribution in [0.2, 0.25) is 0 Å². The number of methoxy groups -OCH3 is 1. The average molecular weight is 443 g/mol. The van der Waals surface area contributed by atoms with Crippen molar-refractivity contribution in [3.05, 3.63) is 27.9 Å². The van der Waals surface area contributed by atoms with E-state index in [-0.39, 0.29) is 17.4 Å². The second-order valence-electron chi connectivity index (χ2n) is 5.15. The molecule has 1 N–H and O–H groups in total. The summed E-state index contributed by atoms with van der Waals surface area (Å²) >= 11 is 8.58. The van der Waals surface area contributed by atoms with E-state index in [1.54, 1.807) is 12.1 Å². The molecule has 140 valence electrons. The van der Waals surface area contributed by atoms with Crippen molar-refractivity contribution >= 4 is 51.2 Å². The Balaban J connectivity index is 2.33. The molecule has 0 saturated carbocycles. The topological polar surface area (TPSA) is 77.1 Å². The summed E-state index contributed by atoms with van der Waals surface area (Å²) in [5.74, 6) is 0.217. The number of amides is 1. The first kappa shape index (κ1) is 20.2. The molecule has 0 unspecified atom stereocenters. The largest absolute Gasteiger partial charge is 0.490 e. The minimum Gasteiger partial charge on any atom is -0.490 e. The standard InChI is InChI=1S/C17H19BrN2O5S/c1-4-24-13-8-10(6-11(18)15(13)25-5-2)7-12-16(22)20(17(26)19-12)9-14(21)23-3/h6-8H,4-5,9H2,1-3H3,(H,19,26)/b12-7-. The summed E-state index contributed by atoms with van der Waals surface area (Å²) in [6.07, 6.45) is 1.63. The molecule has 0 aliphatic carbocycles. The minimum atomic E-state index is -0.550.